The number of esters is 1. The Kier molecular flexibility index (Phi) is 11.0. The van der Waals surface area contributed by atoms with Crippen LogP contribution in [0.1, 0.15) is 45.0 Å². The topological polar surface area (TPSA) is 104 Å². The molecular formula is C35H40N3O6S+. The molecule has 2 aromatic rings. The molecule has 0 aromatic heterocycles. The van der Waals surface area contributed by atoms with Crippen LogP contribution >= 0.6 is 12.2 Å². The molecule has 9 nitrogen and oxygen atoms in total. The van der Waals surface area contributed by atoms with E-state index in [0.29, 0.717) is 28.2 Å². The zero-order valence-corrected chi connectivity index (χ0v) is 27.3. The third kappa shape index (κ3) is 7.34. The maximum absolute atomic E-state index is 12.7. The highest BCUT2D eigenvalue weighted by Gasteiger charge is 2.25. The molecule has 236 valence electrons. The van der Waals surface area contributed by atoms with E-state index in [1.165, 1.54) is 0 Å². The first-order chi connectivity index (χ1) is 21.6. The summed E-state index contributed by atoms with van der Waals surface area (Å²) >= 11 is 5.45. The van der Waals surface area contributed by atoms with Crippen molar-refractivity contribution >= 4 is 51.7 Å². The van der Waals surface area contributed by atoms with E-state index in [9.17, 15) is 14.7 Å². The number of anilines is 2. The maximum Gasteiger partial charge on any atom is 0.336 e. The van der Waals surface area contributed by atoms with E-state index in [4.69, 9.17) is 26.1 Å². The summed E-state index contributed by atoms with van der Waals surface area (Å²) in [4.78, 5) is 26.6. The fraction of sp³-hybridized carbons (Fsp3) is 0.314. The molecule has 0 bridgehead atoms. The third-order valence-electron chi connectivity index (χ3n) is 7.63. The minimum absolute atomic E-state index is 0.00651. The van der Waals surface area contributed by atoms with Crippen molar-refractivity contribution in [1.29, 1.82) is 0 Å². The van der Waals surface area contributed by atoms with Gasteiger partial charge in [-0.05, 0) is 77.2 Å². The number of nitrogens with zero attached hydrogens (tertiary/aromatic N) is 2. The number of aromatic carboxylic acids is 1. The van der Waals surface area contributed by atoms with Crippen molar-refractivity contribution in [2.45, 2.75) is 34.6 Å². The van der Waals surface area contributed by atoms with Gasteiger partial charge in [-0.3, -0.25) is 0 Å². The Morgan fingerprint density at radius 3 is 2.33 bits per heavy atom. The predicted molar refractivity (Wildman–Crippen MR) is 183 cm³/mol. The van der Waals surface area contributed by atoms with E-state index in [2.05, 4.69) is 49.1 Å². The molecule has 1 aliphatic carbocycles. The smallest absolute Gasteiger partial charge is 0.336 e. The zero-order valence-electron chi connectivity index (χ0n) is 26.4. The summed E-state index contributed by atoms with van der Waals surface area (Å²) < 4.78 is 19.5. The van der Waals surface area contributed by atoms with Gasteiger partial charge in [-0.2, -0.15) is 0 Å². The number of hydrogen-bond acceptors (Lipinski definition) is 7. The molecule has 1 aliphatic heterocycles. The van der Waals surface area contributed by atoms with Crippen LogP contribution in [0.5, 0.6) is 0 Å². The van der Waals surface area contributed by atoms with Gasteiger partial charge in [0.05, 0.1) is 17.3 Å². The van der Waals surface area contributed by atoms with E-state index in [1.54, 1.807) is 25.1 Å². The van der Waals surface area contributed by atoms with Crippen molar-refractivity contribution in [3.05, 3.63) is 77.7 Å². The summed E-state index contributed by atoms with van der Waals surface area (Å²) in [6, 6.07) is 17.0. The average molecular weight is 631 g/mol. The first kappa shape index (κ1) is 33.2. The lowest BCUT2D eigenvalue weighted by atomic mass is 9.89. The first-order valence-corrected chi connectivity index (χ1v) is 15.5. The van der Waals surface area contributed by atoms with Crippen molar-refractivity contribution in [1.82, 2.24) is 4.58 Å². The highest BCUT2D eigenvalue weighted by Crippen LogP contribution is 2.45. The van der Waals surface area contributed by atoms with Gasteiger partial charge in [0.1, 0.15) is 37.6 Å². The molecule has 0 saturated carbocycles. The van der Waals surface area contributed by atoms with Crippen LogP contribution in [0.2, 0.25) is 0 Å². The van der Waals surface area contributed by atoms with Crippen molar-refractivity contribution in [3.63, 3.8) is 0 Å². The van der Waals surface area contributed by atoms with Gasteiger partial charge in [-0.15, -0.1) is 0 Å². The fourth-order valence-electron chi connectivity index (χ4n) is 5.35. The number of carbonyl (C=O) groups excluding carboxylic acids is 1. The first-order valence-electron chi connectivity index (χ1n) is 15.1. The van der Waals surface area contributed by atoms with Gasteiger partial charge in [-0.25, -0.2) is 14.2 Å². The second kappa shape index (κ2) is 14.9. The normalized spacial score (nSPS) is 10.9. The summed E-state index contributed by atoms with van der Waals surface area (Å²) in [6.07, 6.45) is 0. The fourth-order valence-corrected chi connectivity index (χ4v) is 5.54. The zero-order chi connectivity index (χ0) is 32.7. The summed E-state index contributed by atoms with van der Waals surface area (Å²) in [6.45, 7) is 16.8. The molecule has 10 heteroatoms. The Balaban J connectivity index is 1.93. The predicted octanol–water partition coefficient (Wildman–Crippen LogP) is 6.39. The van der Waals surface area contributed by atoms with Crippen molar-refractivity contribution in [2.24, 2.45) is 0 Å². The summed E-state index contributed by atoms with van der Waals surface area (Å²) in [5.74, 6) is -0.979. The molecule has 0 amide bonds. The molecule has 1 heterocycles. The van der Waals surface area contributed by atoms with E-state index < -0.39 is 11.9 Å². The monoisotopic (exact) mass is 630 g/mol. The summed E-state index contributed by atoms with van der Waals surface area (Å²) in [5, 5.41) is 15.2. The van der Waals surface area contributed by atoms with Crippen LogP contribution in [-0.2, 0) is 14.3 Å². The standard InChI is InChI=1S/C35H39N3O6S/c1-7-37(8-2)23-14-16-25-29(20-23)44-30-21-24(38(9-3)10-4)15-17-26(30)31(25)32-27(33(39)40)12-11-13-28(32)36-35(45)43-19-18-42-34(41)22(5)6/h11-17,20-21H,5,7-10,18-19H2,1-4,6H3,(H,39,40)/p+1. The van der Waals surface area contributed by atoms with Crippen LogP contribution in [0.15, 0.2) is 71.2 Å². The maximum atomic E-state index is 12.7. The number of carbonyl (C=O) groups is 2. The van der Waals surface area contributed by atoms with Crippen LogP contribution in [0.25, 0.3) is 33.4 Å². The lowest BCUT2D eigenvalue weighted by Crippen LogP contribution is -2.29. The van der Waals surface area contributed by atoms with Gasteiger partial charge >= 0.3 is 11.9 Å². The van der Waals surface area contributed by atoms with Gasteiger partial charge in [0, 0.05) is 58.6 Å². The van der Waals surface area contributed by atoms with Gasteiger partial charge in [0.2, 0.25) is 5.36 Å². The van der Waals surface area contributed by atoms with Crippen LogP contribution < -0.4 is 20.1 Å². The minimum atomic E-state index is -1.09. The number of nitrogens with one attached hydrogen (secondary N) is 1. The second-order valence-corrected chi connectivity index (χ2v) is 10.8. The highest BCUT2D eigenvalue weighted by molar-refractivity contribution is 7.80. The van der Waals surface area contributed by atoms with Gasteiger partial charge in [0.15, 0.2) is 0 Å². The molecule has 0 fully saturated rings. The number of carboxylic acid groups (broad SMARTS) is 1. The number of benzene rings is 3. The molecule has 4 rings (SSSR count). The van der Waals surface area contributed by atoms with Crippen molar-refractivity contribution in [2.75, 3.05) is 49.6 Å². The average Bonchev–Trinajstić information content (AvgIpc) is 3.02. The Labute approximate surface area is 268 Å². The quantitative estimate of drug-likeness (QED) is 0.0460. The molecule has 45 heavy (non-hydrogen) atoms. The number of thiocarbonyl (C=S) groups is 1. The Morgan fingerprint density at radius 1 is 0.978 bits per heavy atom. The van der Waals surface area contributed by atoms with Crippen LogP contribution in [0.4, 0.5) is 11.4 Å². The number of fused-ring (bicyclic) bond motifs is 2. The number of carboxylic acids is 1. The molecule has 0 saturated heterocycles. The molecule has 2 aromatic carbocycles. The number of rotatable bonds is 12. The van der Waals surface area contributed by atoms with Gasteiger partial charge < -0.3 is 29.2 Å². The lowest BCUT2D eigenvalue weighted by molar-refractivity contribution is -0.139. The van der Waals surface area contributed by atoms with Crippen LogP contribution in [0, 0.1) is 0 Å². The molecule has 2 N–H and O–H groups in total. The SMILES string of the molecule is C=C(C)C(=O)OCCOC(=S)Nc1cccc(C(=O)O)c1-c1c2ccc(=[N+](CC)CC)cc-2oc2cc(N(CC)CC)ccc12. The highest BCUT2D eigenvalue weighted by atomic mass is 32.1. The molecule has 0 spiro atoms. The molecule has 0 unspecified atom stereocenters. The van der Waals surface area contributed by atoms with Crippen molar-refractivity contribution < 1.29 is 28.6 Å². The van der Waals surface area contributed by atoms with Crippen molar-refractivity contribution in [3.8, 4) is 22.5 Å². The summed E-state index contributed by atoms with van der Waals surface area (Å²) in [7, 11) is 0. The van der Waals surface area contributed by atoms with Crippen LogP contribution in [0.3, 0.4) is 0 Å². The van der Waals surface area contributed by atoms with E-state index in [-0.39, 0.29) is 29.5 Å². The van der Waals surface area contributed by atoms with E-state index in [0.717, 1.165) is 48.2 Å². The Bertz CT molecular complexity index is 1780. The summed E-state index contributed by atoms with van der Waals surface area (Å²) in [5.41, 5.74) is 4.36. The minimum Gasteiger partial charge on any atom is -0.478 e. The van der Waals surface area contributed by atoms with Gasteiger partial charge in [0.25, 0.3) is 5.17 Å². The number of hydrogen-bond donors (Lipinski definition) is 2. The second-order valence-electron chi connectivity index (χ2n) is 10.4. The van der Waals surface area contributed by atoms with Crippen LogP contribution in [-0.4, -0.2) is 61.6 Å². The molecule has 0 atom stereocenters. The largest absolute Gasteiger partial charge is 0.478 e. The molecular weight excluding hydrogens is 590 g/mol. The third-order valence-corrected chi connectivity index (χ3v) is 7.85. The van der Waals surface area contributed by atoms with E-state index in [1.807, 2.05) is 36.4 Å². The Hall–Kier alpha value is -4.70. The molecule has 2 aliphatic rings. The lowest BCUT2D eigenvalue weighted by Gasteiger charge is -2.23. The Morgan fingerprint density at radius 2 is 1.69 bits per heavy atom. The van der Waals surface area contributed by atoms with Gasteiger partial charge in [-0.1, -0.05) is 12.6 Å². The van der Waals surface area contributed by atoms with E-state index >= 15 is 0 Å². The molecule has 0 radical (unpaired) electrons. The number of ether oxygens (including phenoxy) is 2.